The van der Waals surface area contributed by atoms with E-state index >= 15 is 8.78 Å². The molecule has 3 heterocycles. The predicted octanol–water partition coefficient (Wildman–Crippen LogP) is 6.27. The molecule has 188 valence electrons. The predicted molar refractivity (Wildman–Crippen MR) is 140 cm³/mol. The molecule has 1 N–H and O–H groups in total. The highest BCUT2D eigenvalue weighted by Gasteiger charge is 2.39. The average Bonchev–Trinajstić information content (AvgIpc) is 3.22. The zero-order valence-electron chi connectivity index (χ0n) is 21.3. The number of hydrogen-bond donors (Lipinski definition) is 1. The lowest BCUT2D eigenvalue weighted by Crippen LogP contribution is -2.50. The molecule has 0 saturated carbocycles. The Morgan fingerprint density at radius 2 is 1.80 bits per heavy atom. The van der Waals surface area contributed by atoms with Crippen LogP contribution in [0.2, 0.25) is 0 Å². The van der Waals surface area contributed by atoms with Gasteiger partial charge >= 0.3 is 0 Å². The fraction of sp³-hybridized carbons (Fsp3) is 0.536. The van der Waals surface area contributed by atoms with Gasteiger partial charge in [-0.1, -0.05) is 33.8 Å². The lowest BCUT2D eigenvalue weighted by atomic mass is 9.75. The first-order chi connectivity index (χ1) is 16.7. The topological polar surface area (TPSA) is 35.2 Å². The van der Waals surface area contributed by atoms with Crippen molar-refractivity contribution in [2.45, 2.75) is 62.8 Å². The highest BCUT2D eigenvalue weighted by Crippen LogP contribution is 2.44. The smallest absolute Gasteiger partial charge is 0.131 e. The van der Waals surface area contributed by atoms with Crippen LogP contribution in [0.1, 0.15) is 56.7 Å². The number of H-pyrrole nitrogens is 1. The molecule has 1 fully saturated rings. The van der Waals surface area contributed by atoms with E-state index in [4.69, 9.17) is 0 Å². The molecule has 0 unspecified atom stereocenters. The average molecular weight is 499 g/mol. The van der Waals surface area contributed by atoms with Crippen molar-refractivity contribution >= 4 is 22.7 Å². The van der Waals surface area contributed by atoms with E-state index < -0.39 is 11.6 Å². The van der Waals surface area contributed by atoms with Crippen LogP contribution in [0.25, 0.3) is 10.9 Å². The number of thioether (sulfide) groups is 1. The highest BCUT2D eigenvalue weighted by atomic mass is 32.2. The molecule has 0 bridgehead atoms. The molecule has 2 aromatic carbocycles. The zero-order valence-corrected chi connectivity index (χ0v) is 22.1. The van der Waals surface area contributed by atoms with Crippen molar-refractivity contribution < 1.29 is 8.78 Å². The second kappa shape index (κ2) is 9.83. The van der Waals surface area contributed by atoms with Crippen LogP contribution in [-0.2, 0) is 6.54 Å². The summed E-state index contributed by atoms with van der Waals surface area (Å²) in [7, 11) is 2.07. The molecule has 2 aliphatic rings. The number of nitrogens with zero attached hydrogens (tertiary/aromatic N) is 3. The normalized spacial score (nSPS) is 21.7. The van der Waals surface area contributed by atoms with Gasteiger partial charge in [-0.15, -0.1) is 11.8 Å². The molecule has 1 aromatic heterocycles. The number of rotatable bonds is 7. The molecule has 2 aliphatic heterocycles. The summed E-state index contributed by atoms with van der Waals surface area (Å²) >= 11 is 1.60. The number of hydrogen-bond acceptors (Lipinski definition) is 4. The first-order valence-corrected chi connectivity index (χ1v) is 13.6. The molecule has 5 rings (SSSR count). The Labute approximate surface area is 211 Å². The Kier molecular flexibility index (Phi) is 6.94. The van der Waals surface area contributed by atoms with Crippen LogP contribution in [0, 0.1) is 23.5 Å². The van der Waals surface area contributed by atoms with Gasteiger partial charge in [0.2, 0.25) is 0 Å². The van der Waals surface area contributed by atoms with E-state index in [0.29, 0.717) is 22.0 Å². The number of nitrogens with one attached hydrogen (secondary N) is 1. The van der Waals surface area contributed by atoms with Crippen molar-refractivity contribution in [1.29, 1.82) is 0 Å². The van der Waals surface area contributed by atoms with Gasteiger partial charge in [0, 0.05) is 59.2 Å². The number of aromatic nitrogens is 2. The summed E-state index contributed by atoms with van der Waals surface area (Å²) < 4.78 is 31.6. The summed E-state index contributed by atoms with van der Waals surface area (Å²) in [5.41, 5.74) is 3.29. The lowest BCUT2D eigenvalue weighted by molar-refractivity contribution is 0.168. The number of likely N-dealkylation sites (N-methyl/N-ethyl adjacent to an activating group) is 1. The molecule has 3 aromatic rings. The SMILES string of the molecule is CC(C)C[C@H]1[C@H](c2c(F)cc(SC3CN(CC(C)C)C3)cc2F)c2ccc3[nH]ncc3c2CN1C. The Balaban J connectivity index is 1.49. The Hall–Kier alpha value is -1.96. The van der Waals surface area contributed by atoms with E-state index in [0.717, 1.165) is 54.6 Å². The van der Waals surface area contributed by atoms with Crippen molar-refractivity contribution in [3.8, 4) is 0 Å². The maximum Gasteiger partial charge on any atom is 0.131 e. The Morgan fingerprint density at radius 1 is 1.09 bits per heavy atom. The number of fused-ring (bicyclic) bond motifs is 3. The number of benzene rings is 2. The summed E-state index contributed by atoms with van der Waals surface area (Å²) in [5, 5.41) is 8.67. The minimum atomic E-state index is -0.432. The van der Waals surface area contributed by atoms with Gasteiger partial charge in [-0.25, -0.2) is 8.78 Å². The molecule has 2 atom stereocenters. The first kappa shape index (κ1) is 24.7. The van der Waals surface area contributed by atoms with Crippen molar-refractivity contribution in [2.75, 3.05) is 26.7 Å². The standard InChI is InChI=1S/C28H36F2N4S/c1-16(2)8-26-27(20-6-7-25-21(11-31-32-25)22(20)15-33(26)5)28-23(29)9-18(10-24(28)30)35-19-13-34(14-19)12-17(3)4/h6-7,9-11,16-17,19,26-27H,8,12-15H2,1-5H3,(H,31,32)/t26-,27+/m0/s1. The number of halogens is 2. The van der Waals surface area contributed by atoms with Gasteiger partial charge in [-0.05, 0) is 54.6 Å². The van der Waals surface area contributed by atoms with Gasteiger partial charge in [-0.2, -0.15) is 5.10 Å². The van der Waals surface area contributed by atoms with Gasteiger partial charge in [0.25, 0.3) is 0 Å². The molecule has 7 heteroatoms. The second-order valence-corrected chi connectivity index (χ2v) is 12.6. The molecule has 0 radical (unpaired) electrons. The number of aromatic amines is 1. The van der Waals surface area contributed by atoms with E-state index in [1.807, 2.05) is 18.3 Å². The second-order valence-electron chi connectivity index (χ2n) is 11.2. The van der Waals surface area contributed by atoms with Crippen molar-refractivity contribution in [3.63, 3.8) is 0 Å². The lowest BCUT2D eigenvalue weighted by Gasteiger charge is -2.42. The van der Waals surface area contributed by atoms with Crippen LogP contribution in [-0.4, -0.2) is 58.0 Å². The van der Waals surface area contributed by atoms with Crippen LogP contribution in [0.4, 0.5) is 8.78 Å². The fourth-order valence-electron chi connectivity index (χ4n) is 5.92. The summed E-state index contributed by atoms with van der Waals surface area (Å²) in [6.07, 6.45) is 2.70. The summed E-state index contributed by atoms with van der Waals surface area (Å²) in [6.45, 7) is 12.6. The van der Waals surface area contributed by atoms with Gasteiger partial charge in [-0.3, -0.25) is 10.00 Å². The maximum absolute atomic E-state index is 15.8. The van der Waals surface area contributed by atoms with Gasteiger partial charge in [0.1, 0.15) is 11.6 Å². The Bertz CT molecular complexity index is 1180. The molecule has 0 aliphatic carbocycles. The Morgan fingerprint density at radius 3 is 2.46 bits per heavy atom. The molecule has 4 nitrogen and oxygen atoms in total. The minimum absolute atomic E-state index is 0.0191. The summed E-state index contributed by atoms with van der Waals surface area (Å²) in [6, 6.07) is 7.17. The minimum Gasteiger partial charge on any atom is -0.301 e. The zero-order chi connectivity index (χ0) is 24.9. The van der Waals surface area contributed by atoms with E-state index in [1.165, 1.54) is 0 Å². The van der Waals surface area contributed by atoms with Gasteiger partial charge < -0.3 is 4.90 Å². The van der Waals surface area contributed by atoms with Crippen molar-refractivity contribution in [1.82, 2.24) is 20.0 Å². The molecule has 1 saturated heterocycles. The van der Waals surface area contributed by atoms with Crippen LogP contribution in [0.3, 0.4) is 0 Å². The quantitative estimate of drug-likeness (QED) is 0.417. The van der Waals surface area contributed by atoms with Crippen LogP contribution in [0.15, 0.2) is 35.4 Å². The maximum atomic E-state index is 15.8. The van der Waals surface area contributed by atoms with E-state index in [-0.39, 0.29) is 17.5 Å². The highest BCUT2D eigenvalue weighted by molar-refractivity contribution is 8.00. The van der Waals surface area contributed by atoms with Crippen LogP contribution in [0.5, 0.6) is 0 Å². The molecule has 0 amide bonds. The largest absolute Gasteiger partial charge is 0.301 e. The molecule has 35 heavy (non-hydrogen) atoms. The third-order valence-corrected chi connectivity index (χ3v) is 8.53. The number of likely N-dealkylation sites (tertiary alicyclic amines) is 1. The van der Waals surface area contributed by atoms with E-state index in [9.17, 15) is 0 Å². The van der Waals surface area contributed by atoms with Crippen LogP contribution >= 0.6 is 11.8 Å². The van der Waals surface area contributed by atoms with Gasteiger partial charge in [0.15, 0.2) is 0 Å². The summed E-state index contributed by atoms with van der Waals surface area (Å²) in [4.78, 5) is 5.36. The van der Waals surface area contributed by atoms with Crippen LogP contribution < -0.4 is 0 Å². The monoisotopic (exact) mass is 498 g/mol. The molecular formula is C28H36F2N4S. The van der Waals surface area contributed by atoms with Crippen molar-refractivity contribution in [2.24, 2.45) is 11.8 Å². The van der Waals surface area contributed by atoms with E-state index in [2.05, 4.69) is 54.7 Å². The van der Waals surface area contributed by atoms with E-state index in [1.54, 1.807) is 23.9 Å². The van der Waals surface area contributed by atoms with Gasteiger partial charge in [0.05, 0.1) is 11.7 Å². The summed E-state index contributed by atoms with van der Waals surface area (Å²) in [5.74, 6) is -0.183. The van der Waals surface area contributed by atoms with Crippen molar-refractivity contribution in [3.05, 3.63) is 58.8 Å². The third-order valence-electron chi connectivity index (χ3n) is 7.39. The first-order valence-electron chi connectivity index (χ1n) is 12.7. The fourth-order valence-corrected chi connectivity index (χ4v) is 7.22. The molecular weight excluding hydrogens is 462 g/mol. The molecule has 0 spiro atoms. The third kappa shape index (κ3) is 4.87.